The van der Waals surface area contributed by atoms with Gasteiger partial charge in [-0.3, -0.25) is 15.1 Å². The van der Waals surface area contributed by atoms with E-state index in [1.165, 1.54) is 17.8 Å². The molecule has 138 valence electrons. The first-order valence-electron chi connectivity index (χ1n) is 8.92. The molecule has 0 saturated heterocycles. The van der Waals surface area contributed by atoms with Crippen molar-refractivity contribution >= 4 is 28.5 Å². The number of amides is 1. The minimum absolute atomic E-state index is 0.243. The average molecular weight is 382 g/mol. The number of hydrogen-bond acceptors (Lipinski definition) is 5. The molecule has 2 aromatic carbocycles. The number of hydrogen-bond donors (Lipinski definition) is 1. The minimum atomic E-state index is -0.719. The second kappa shape index (κ2) is 7.52. The van der Waals surface area contributed by atoms with E-state index >= 15 is 0 Å². The van der Waals surface area contributed by atoms with Crippen LogP contribution in [0.5, 0.6) is 0 Å². The number of halogens is 1. The van der Waals surface area contributed by atoms with E-state index < -0.39 is 6.17 Å². The number of amidine groups is 1. The number of carbonyl (C=O) groups excluding carboxylic acids is 1. The number of rotatable bonds is 4. The van der Waals surface area contributed by atoms with Crippen LogP contribution in [0.25, 0.3) is 5.70 Å². The third-order valence-electron chi connectivity index (χ3n) is 4.44. The van der Waals surface area contributed by atoms with Gasteiger partial charge in [-0.15, -0.1) is 5.10 Å². The molecule has 0 bridgehead atoms. The molecule has 2 aromatic rings. The summed E-state index contributed by atoms with van der Waals surface area (Å²) in [6.07, 6.45) is 1.37. The Labute approximate surface area is 160 Å². The molecule has 1 atom stereocenters. The lowest BCUT2D eigenvalue weighted by Crippen LogP contribution is -2.50. The highest BCUT2D eigenvalue weighted by molar-refractivity contribution is 8.13. The summed E-state index contributed by atoms with van der Waals surface area (Å²) in [7, 11) is 0. The second-order valence-corrected chi connectivity index (χ2v) is 7.38. The highest BCUT2D eigenvalue weighted by atomic mass is 32.2. The normalized spacial score (nSPS) is 18.2. The number of nitrogens with one attached hydrogen (secondary N) is 1. The van der Waals surface area contributed by atoms with Gasteiger partial charge in [0.15, 0.2) is 11.3 Å². The van der Waals surface area contributed by atoms with Crippen LogP contribution in [0.4, 0.5) is 4.39 Å². The summed E-state index contributed by atoms with van der Waals surface area (Å²) in [5.41, 5.74) is 0.787. The summed E-state index contributed by atoms with van der Waals surface area (Å²) in [6.45, 7) is 2.11. The van der Waals surface area contributed by atoms with Crippen LogP contribution in [0.3, 0.4) is 0 Å². The van der Waals surface area contributed by atoms with Gasteiger partial charge in [-0.05, 0) is 18.6 Å². The Balaban J connectivity index is 1.86. The van der Waals surface area contributed by atoms with E-state index in [1.807, 2.05) is 24.3 Å². The number of para-hydroxylation sites is 1. The van der Waals surface area contributed by atoms with Gasteiger partial charge in [0.1, 0.15) is 11.5 Å². The number of unbranched alkanes of at least 4 members (excludes halogenated alkanes) is 1. The first kappa shape index (κ1) is 17.7. The Bertz CT molecular complexity index is 1040. The Morgan fingerprint density at radius 3 is 2.78 bits per heavy atom. The molecule has 2 aliphatic rings. The quantitative estimate of drug-likeness (QED) is 0.827. The van der Waals surface area contributed by atoms with Crippen LogP contribution in [0.15, 0.2) is 58.6 Å². The largest absolute Gasteiger partial charge is 0.298 e. The van der Waals surface area contributed by atoms with Crippen LogP contribution < -0.4 is 15.9 Å². The molecular formula is C20H19FN4OS. The van der Waals surface area contributed by atoms with Gasteiger partial charge in [-0.25, -0.2) is 9.40 Å². The number of hydrazone groups is 1. The van der Waals surface area contributed by atoms with Crippen molar-refractivity contribution in [2.24, 2.45) is 10.1 Å². The van der Waals surface area contributed by atoms with Crippen LogP contribution in [-0.4, -0.2) is 21.8 Å². The van der Waals surface area contributed by atoms with Crippen molar-refractivity contribution < 1.29 is 9.18 Å². The van der Waals surface area contributed by atoms with Gasteiger partial charge in [0.25, 0.3) is 5.91 Å². The summed E-state index contributed by atoms with van der Waals surface area (Å²) >= 11 is 1.49. The van der Waals surface area contributed by atoms with Crippen LogP contribution in [0.2, 0.25) is 0 Å². The molecule has 2 heterocycles. The van der Waals surface area contributed by atoms with Gasteiger partial charge < -0.3 is 0 Å². The molecule has 0 spiro atoms. The number of thioether (sulfide) groups is 1. The van der Waals surface area contributed by atoms with E-state index in [0.717, 1.165) is 18.6 Å². The predicted molar refractivity (Wildman–Crippen MR) is 105 cm³/mol. The molecule has 4 rings (SSSR count). The Hall–Kier alpha value is -2.67. The standard InChI is InChI=1S/C20H19FN4OS/c1-2-3-12-27-20-23-19(26)17-14-9-5-7-11-16(14)22-18(25(17)24-20)13-8-4-6-10-15(13)21/h4-11,18H,2-3,12H2,1H3,(H,23,24,26)/t18-/m0/s1. The van der Waals surface area contributed by atoms with Gasteiger partial charge in [0.05, 0.1) is 5.36 Å². The molecular weight excluding hydrogens is 363 g/mol. The van der Waals surface area contributed by atoms with Crippen molar-refractivity contribution in [1.29, 1.82) is 0 Å². The highest BCUT2D eigenvalue weighted by Gasteiger charge is 2.35. The molecule has 5 nitrogen and oxygen atoms in total. The number of benzene rings is 2. The Morgan fingerprint density at radius 1 is 1.19 bits per heavy atom. The maximum Gasteiger partial charge on any atom is 0.276 e. The average Bonchev–Trinajstić information content (AvgIpc) is 2.68. The van der Waals surface area contributed by atoms with Crippen molar-refractivity contribution in [3.05, 3.63) is 70.5 Å². The maximum absolute atomic E-state index is 14.5. The van der Waals surface area contributed by atoms with E-state index in [9.17, 15) is 9.18 Å². The van der Waals surface area contributed by atoms with Crippen molar-refractivity contribution in [1.82, 2.24) is 10.3 Å². The fourth-order valence-electron chi connectivity index (χ4n) is 3.09. The molecule has 0 aliphatic carbocycles. The molecule has 0 saturated carbocycles. The van der Waals surface area contributed by atoms with Crippen LogP contribution in [-0.2, 0) is 4.79 Å². The van der Waals surface area contributed by atoms with Crippen molar-refractivity contribution in [2.45, 2.75) is 25.9 Å². The first-order valence-corrected chi connectivity index (χ1v) is 9.91. The summed E-state index contributed by atoms with van der Waals surface area (Å²) in [4.78, 5) is 17.6. The van der Waals surface area contributed by atoms with Crippen molar-refractivity contribution in [3.63, 3.8) is 0 Å². The Kier molecular flexibility index (Phi) is 4.94. The fourth-order valence-corrected chi connectivity index (χ4v) is 4.03. The Morgan fingerprint density at radius 2 is 1.96 bits per heavy atom. The highest BCUT2D eigenvalue weighted by Crippen LogP contribution is 2.31. The van der Waals surface area contributed by atoms with Gasteiger partial charge in [0, 0.05) is 16.5 Å². The van der Waals surface area contributed by atoms with E-state index in [1.54, 1.807) is 23.2 Å². The zero-order valence-corrected chi connectivity index (χ0v) is 15.7. The summed E-state index contributed by atoms with van der Waals surface area (Å²) < 4.78 is 14.5. The zero-order chi connectivity index (χ0) is 18.8. The number of carbonyl (C=O) groups is 1. The van der Waals surface area contributed by atoms with Crippen LogP contribution >= 0.6 is 11.8 Å². The molecule has 0 radical (unpaired) electrons. The summed E-state index contributed by atoms with van der Waals surface area (Å²) in [5, 5.41) is 10.9. The summed E-state index contributed by atoms with van der Waals surface area (Å²) in [6, 6.07) is 13.9. The minimum Gasteiger partial charge on any atom is -0.298 e. The van der Waals surface area contributed by atoms with Gasteiger partial charge in [-0.2, -0.15) is 0 Å². The monoisotopic (exact) mass is 382 g/mol. The topological polar surface area (TPSA) is 57.1 Å². The molecule has 2 aliphatic heterocycles. The molecule has 27 heavy (non-hydrogen) atoms. The van der Waals surface area contributed by atoms with E-state index in [2.05, 4.69) is 17.3 Å². The van der Waals surface area contributed by atoms with Gasteiger partial charge in [0.2, 0.25) is 0 Å². The first-order chi connectivity index (χ1) is 13.2. The zero-order valence-electron chi connectivity index (χ0n) is 14.9. The third-order valence-corrected chi connectivity index (χ3v) is 5.39. The molecule has 0 unspecified atom stereocenters. The third kappa shape index (κ3) is 3.35. The van der Waals surface area contributed by atoms with E-state index in [0.29, 0.717) is 27.0 Å². The predicted octanol–water partition coefficient (Wildman–Crippen LogP) is 2.50. The SMILES string of the molecule is CCCCSC1=NN2C(=c3ccccc3=N[C@@H]2c2ccccc2F)C(=O)N1. The van der Waals surface area contributed by atoms with Crippen LogP contribution in [0.1, 0.15) is 31.5 Å². The van der Waals surface area contributed by atoms with E-state index in [4.69, 9.17) is 4.99 Å². The molecule has 0 aromatic heterocycles. The molecule has 1 amide bonds. The smallest absolute Gasteiger partial charge is 0.276 e. The molecule has 0 fully saturated rings. The maximum atomic E-state index is 14.5. The van der Waals surface area contributed by atoms with Crippen LogP contribution in [0, 0.1) is 5.82 Å². The second-order valence-electron chi connectivity index (χ2n) is 6.30. The molecule has 1 N–H and O–H groups in total. The number of fused-ring (bicyclic) bond motifs is 2. The fraction of sp³-hybridized carbons (Fsp3) is 0.250. The molecule has 7 heteroatoms. The van der Waals surface area contributed by atoms with Crippen molar-refractivity contribution in [2.75, 3.05) is 5.75 Å². The lowest BCUT2D eigenvalue weighted by Gasteiger charge is -2.34. The lowest BCUT2D eigenvalue weighted by molar-refractivity contribution is -0.116. The number of nitrogens with zero attached hydrogens (tertiary/aromatic N) is 3. The van der Waals surface area contributed by atoms with Crippen molar-refractivity contribution in [3.8, 4) is 0 Å². The lowest BCUT2D eigenvalue weighted by atomic mass is 10.1. The van der Waals surface area contributed by atoms with E-state index in [-0.39, 0.29) is 11.7 Å². The summed E-state index contributed by atoms with van der Waals surface area (Å²) in [5.74, 6) is 0.246. The van der Waals surface area contributed by atoms with Gasteiger partial charge in [-0.1, -0.05) is 61.5 Å². The van der Waals surface area contributed by atoms with Gasteiger partial charge >= 0.3 is 0 Å².